The molecule has 0 saturated carbocycles. The Labute approximate surface area is 155 Å². The molecule has 0 bridgehead atoms. The molecule has 26 heavy (non-hydrogen) atoms. The van der Waals surface area contributed by atoms with Crippen LogP contribution in [0.1, 0.15) is 34.3 Å². The van der Waals surface area contributed by atoms with E-state index in [9.17, 15) is 4.79 Å². The number of benzene rings is 2. The second-order valence-corrected chi connectivity index (χ2v) is 6.83. The fraction of sp³-hybridized carbons (Fsp3) is 0.364. The van der Waals surface area contributed by atoms with Crippen molar-refractivity contribution in [3.8, 4) is 11.8 Å². The van der Waals surface area contributed by atoms with Crippen molar-refractivity contribution in [1.82, 2.24) is 4.90 Å². The molecule has 0 unspecified atom stereocenters. The number of Topliss-reactive ketones (excluding diaryl/α,β-unsaturated/α-hetero) is 1. The highest BCUT2D eigenvalue weighted by molar-refractivity contribution is 5.97. The van der Waals surface area contributed by atoms with Crippen molar-refractivity contribution in [2.24, 2.45) is 5.92 Å². The summed E-state index contributed by atoms with van der Waals surface area (Å²) < 4.78 is 5.75. The minimum atomic E-state index is 0.127. The molecule has 4 nitrogen and oxygen atoms in total. The number of ketones is 1. The van der Waals surface area contributed by atoms with Gasteiger partial charge in [0.05, 0.1) is 11.6 Å². The minimum absolute atomic E-state index is 0.127. The van der Waals surface area contributed by atoms with Crippen LogP contribution in [0.5, 0.6) is 5.75 Å². The summed E-state index contributed by atoms with van der Waals surface area (Å²) in [4.78, 5) is 14.9. The van der Waals surface area contributed by atoms with Crippen LogP contribution in [0, 0.1) is 24.2 Å². The second kappa shape index (κ2) is 8.64. The van der Waals surface area contributed by atoms with Crippen molar-refractivity contribution in [1.29, 1.82) is 5.26 Å². The molecule has 1 aliphatic heterocycles. The number of rotatable bonds is 6. The van der Waals surface area contributed by atoms with E-state index in [-0.39, 0.29) is 11.7 Å². The Hall–Kier alpha value is -2.64. The lowest BCUT2D eigenvalue weighted by Gasteiger charge is -2.31. The van der Waals surface area contributed by atoms with Gasteiger partial charge in [0, 0.05) is 18.0 Å². The summed E-state index contributed by atoms with van der Waals surface area (Å²) in [5, 5.41) is 8.92. The van der Waals surface area contributed by atoms with E-state index in [4.69, 9.17) is 10.00 Å². The summed E-state index contributed by atoms with van der Waals surface area (Å²) in [6.07, 6.45) is 1.80. The standard InChI is InChI=1S/C22H24N2O2/c1-17-5-7-19(8-6-17)22(25)20-9-11-24(12-10-20)13-14-26-21-4-2-3-18(15-21)16-23/h2-8,15,20H,9-14H2,1H3. The molecule has 1 aliphatic rings. The van der Waals surface area contributed by atoms with E-state index < -0.39 is 0 Å². The SMILES string of the molecule is Cc1ccc(C(=O)C2CCN(CCOc3cccc(C#N)c3)CC2)cc1. The van der Waals surface area contributed by atoms with Crippen LogP contribution >= 0.6 is 0 Å². The van der Waals surface area contributed by atoms with Gasteiger partial charge in [-0.05, 0) is 51.1 Å². The topological polar surface area (TPSA) is 53.3 Å². The first-order chi connectivity index (χ1) is 12.7. The molecule has 3 rings (SSSR count). The smallest absolute Gasteiger partial charge is 0.166 e. The number of carbonyl (C=O) groups excluding carboxylic acids is 1. The first-order valence-electron chi connectivity index (χ1n) is 9.12. The van der Waals surface area contributed by atoms with Gasteiger partial charge in [-0.1, -0.05) is 35.9 Å². The number of hydrogen-bond donors (Lipinski definition) is 0. The highest BCUT2D eigenvalue weighted by Gasteiger charge is 2.25. The molecule has 0 amide bonds. The molecule has 1 saturated heterocycles. The third-order valence-electron chi connectivity index (χ3n) is 4.93. The highest BCUT2D eigenvalue weighted by Crippen LogP contribution is 2.22. The van der Waals surface area contributed by atoms with E-state index in [1.54, 1.807) is 12.1 Å². The predicted octanol–water partition coefficient (Wildman–Crippen LogP) is 3.84. The Morgan fingerprint density at radius 1 is 1.19 bits per heavy atom. The van der Waals surface area contributed by atoms with Crippen LogP contribution in [0.25, 0.3) is 0 Å². The molecule has 0 atom stereocenters. The van der Waals surface area contributed by atoms with Crippen molar-refractivity contribution >= 4 is 5.78 Å². The Balaban J connectivity index is 1.43. The van der Waals surface area contributed by atoms with Gasteiger partial charge in [0.2, 0.25) is 0 Å². The number of ether oxygens (including phenoxy) is 1. The molecule has 2 aromatic carbocycles. The summed E-state index contributed by atoms with van der Waals surface area (Å²) in [6.45, 7) is 5.30. The van der Waals surface area contributed by atoms with Gasteiger partial charge in [0.1, 0.15) is 12.4 Å². The number of hydrogen-bond acceptors (Lipinski definition) is 4. The molecule has 0 aromatic heterocycles. The van der Waals surface area contributed by atoms with Gasteiger partial charge >= 0.3 is 0 Å². The zero-order chi connectivity index (χ0) is 18.4. The maximum Gasteiger partial charge on any atom is 0.166 e. The molecule has 0 N–H and O–H groups in total. The van der Waals surface area contributed by atoms with E-state index in [0.717, 1.165) is 43.8 Å². The molecule has 1 fully saturated rings. The zero-order valence-corrected chi connectivity index (χ0v) is 15.1. The molecular formula is C22H24N2O2. The van der Waals surface area contributed by atoms with Crippen molar-refractivity contribution in [3.05, 3.63) is 65.2 Å². The number of likely N-dealkylation sites (tertiary alicyclic amines) is 1. The lowest BCUT2D eigenvalue weighted by Crippen LogP contribution is -2.38. The van der Waals surface area contributed by atoms with Crippen molar-refractivity contribution in [3.63, 3.8) is 0 Å². The normalized spacial score (nSPS) is 15.4. The zero-order valence-electron chi connectivity index (χ0n) is 15.1. The minimum Gasteiger partial charge on any atom is -0.492 e. The van der Waals surface area contributed by atoms with Gasteiger partial charge < -0.3 is 4.74 Å². The number of carbonyl (C=O) groups is 1. The molecule has 0 aliphatic carbocycles. The number of aryl methyl sites for hydroxylation is 1. The molecule has 134 valence electrons. The Morgan fingerprint density at radius 2 is 1.92 bits per heavy atom. The summed E-state index contributed by atoms with van der Waals surface area (Å²) in [5.41, 5.74) is 2.62. The summed E-state index contributed by atoms with van der Waals surface area (Å²) >= 11 is 0. The van der Waals surface area contributed by atoms with Gasteiger partial charge in [0.25, 0.3) is 0 Å². The number of nitrogens with zero attached hydrogens (tertiary/aromatic N) is 2. The largest absolute Gasteiger partial charge is 0.492 e. The fourth-order valence-corrected chi connectivity index (χ4v) is 3.32. The average Bonchev–Trinajstić information content (AvgIpc) is 2.69. The van der Waals surface area contributed by atoms with Crippen LogP contribution < -0.4 is 4.74 Å². The van der Waals surface area contributed by atoms with Crippen molar-refractivity contribution < 1.29 is 9.53 Å². The quantitative estimate of drug-likeness (QED) is 0.744. The first-order valence-corrected chi connectivity index (χ1v) is 9.12. The van der Waals surface area contributed by atoms with Gasteiger partial charge in [-0.15, -0.1) is 0 Å². The van der Waals surface area contributed by atoms with E-state index >= 15 is 0 Å². The van der Waals surface area contributed by atoms with Crippen LogP contribution in [0.4, 0.5) is 0 Å². The molecule has 0 spiro atoms. The van der Waals surface area contributed by atoms with Crippen LogP contribution in [-0.4, -0.2) is 36.9 Å². The highest BCUT2D eigenvalue weighted by atomic mass is 16.5. The van der Waals surface area contributed by atoms with Gasteiger partial charge in [0.15, 0.2) is 5.78 Å². The third kappa shape index (κ3) is 4.71. The Morgan fingerprint density at radius 3 is 2.62 bits per heavy atom. The average molecular weight is 348 g/mol. The summed E-state index contributed by atoms with van der Waals surface area (Å²) in [7, 11) is 0. The Bertz CT molecular complexity index is 785. The molecule has 1 heterocycles. The van der Waals surface area contributed by atoms with E-state index in [1.165, 1.54) is 5.56 Å². The number of nitriles is 1. The molecular weight excluding hydrogens is 324 g/mol. The van der Waals surface area contributed by atoms with E-state index in [0.29, 0.717) is 12.2 Å². The monoisotopic (exact) mass is 348 g/mol. The summed E-state index contributed by atoms with van der Waals surface area (Å²) in [5.74, 6) is 1.13. The second-order valence-electron chi connectivity index (χ2n) is 6.83. The van der Waals surface area contributed by atoms with Crippen LogP contribution in [0.3, 0.4) is 0 Å². The van der Waals surface area contributed by atoms with Crippen molar-refractivity contribution in [2.75, 3.05) is 26.2 Å². The lowest BCUT2D eigenvalue weighted by molar-refractivity contribution is 0.0827. The maximum atomic E-state index is 12.6. The van der Waals surface area contributed by atoms with Crippen LogP contribution in [0.2, 0.25) is 0 Å². The first kappa shape index (κ1) is 18.2. The number of piperidine rings is 1. The predicted molar refractivity (Wildman–Crippen MR) is 101 cm³/mol. The van der Waals surface area contributed by atoms with Gasteiger partial charge in [-0.25, -0.2) is 0 Å². The third-order valence-corrected chi connectivity index (χ3v) is 4.93. The van der Waals surface area contributed by atoms with Crippen LogP contribution in [0.15, 0.2) is 48.5 Å². The molecule has 2 aromatic rings. The lowest BCUT2D eigenvalue weighted by atomic mass is 9.88. The van der Waals surface area contributed by atoms with Gasteiger partial charge in [-0.2, -0.15) is 5.26 Å². The fourth-order valence-electron chi connectivity index (χ4n) is 3.32. The molecule has 4 heteroatoms. The van der Waals surface area contributed by atoms with Gasteiger partial charge in [-0.3, -0.25) is 9.69 Å². The van der Waals surface area contributed by atoms with Crippen LogP contribution in [-0.2, 0) is 0 Å². The van der Waals surface area contributed by atoms with Crippen molar-refractivity contribution in [2.45, 2.75) is 19.8 Å². The Kier molecular flexibility index (Phi) is 6.04. The maximum absolute atomic E-state index is 12.6. The van der Waals surface area contributed by atoms with E-state index in [1.807, 2.05) is 43.3 Å². The molecule has 0 radical (unpaired) electrons. The van der Waals surface area contributed by atoms with E-state index in [2.05, 4.69) is 11.0 Å². The summed E-state index contributed by atoms with van der Waals surface area (Å²) in [6, 6.07) is 17.2.